The van der Waals surface area contributed by atoms with Gasteiger partial charge < -0.3 is 10.2 Å². The van der Waals surface area contributed by atoms with Crippen LogP contribution in [0, 0.1) is 0 Å². The molecule has 0 radical (unpaired) electrons. The highest BCUT2D eigenvalue weighted by Gasteiger charge is 2.07. The zero-order valence-corrected chi connectivity index (χ0v) is 16.9. The zero-order valence-electron chi connectivity index (χ0n) is 13.8. The molecule has 3 aromatic carbocycles. The summed E-state index contributed by atoms with van der Waals surface area (Å²) in [6, 6.07) is 21.2. The molecule has 0 saturated carbocycles. The van der Waals surface area contributed by atoms with Crippen molar-refractivity contribution in [3.05, 3.63) is 92.4 Å². The second-order valence-corrected chi connectivity index (χ2v) is 7.38. The van der Waals surface area contributed by atoms with E-state index in [1.165, 1.54) is 0 Å². The molecular formula is C20H17BrCl2N2O. The fourth-order valence-corrected chi connectivity index (χ4v) is 3.26. The van der Waals surface area contributed by atoms with Gasteiger partial charge in [-0.25, -0.2) is 5.43 Å². The highest BCUT2D eigenvalue weighted by Crippen LogP contribution is 2.26. The van der Waals surface area contributed by atoms with Crippen LogP contribution in [0.3, 0.4) is 0 Å². The summed E-state index contributed by atoms with van der Waals surface area (Å²) in [5.41, 5.74) is 9.29. The van der Waals surface area contributed by atoms with E-state index in [-0.39, 0.29) is 0 Å². The number of anilines is 1. The van der Waals surface area contributed by atoms with Crippen LogP contribution >= 0.6 is 39.1 Å². The molecule has 3 nitrogen and oxygen atoms in total. The first-order valence-corrected chi connectivity index (χ1v) is 9.56. The van der Waals surface area contributed by atoms with E-state index >= 15 is 0 Å². The first-order valence-electron chi connectivity index (χ1n) is 8.01. The highest BCUT2D eigenvalue weighted by atomic mass is 79.9. The molecule has 0 spiro atoms. The minimum Gasteiger partial charge on any atom is -0.489 e. The van der Waals surface area contributed by atoms with Gasteiger partial charge in [-0.3, -0.25) is 0 Å². The minimum atomic E-state index is 0.372. The van der Waals surface area contributed by atoms with Crippen LogP contribution in [0.25, 0.3) is 0 Å². The van der Waals surface area contributed by atoms with E-state index in [4.69, 9.17) is 27.9 Å². The zero-order chi connectivity index (χ0) is 18.4. The van der Waals surface area contributed by atoms with Crippen LogP contribution in [0.4, 0.5) is 5.69 Å². The molecule has 0 aromatic heterocycles. The molecule has 0 aliphatic carbocycles. The van der Waals surface area contributed by atoms with Crippen LogP contribution in [-0.2, 0) is 13.2 Å². The van der Waals surface area contributed by atoms with Crippen LogP contribution in [0.15, 0.2) is 71.2 Å². The Morgan fingerprint density at radius 2 is 1.69 bits per heavy atom. The van der Waals surface area contributed by atoms with Gasteiger partial charge in [-0.1, -0.05) is 63.4 Å². The van der Waals surface area contributed by atoms with E-state index in [0.717, 1.165) is 27.0 Å². The van der Waals surface area contributed by atoms with Gasteiger partial charge in [0.15, 0.2) is 0 Å². The number of ether oxygens (including phenoxy) is 1. The molecular weight excluding hydrogens is 435 g/mol. The largest absolute Gasteiger partial charge is 0.489 e. The first-order chi connectivity index (χ1) is 12.6. The predicted octanol–water partition coefficient (Wildman–Crippen LogP) is 6.45. The van der Waals surface area contributed by atoms with Crippen molar-refractivity contribution in [3.63, 3.8) is 0 Å². The molecule has 26 heavy (non-hydrogen) atoms. The molecule has 0 aliphatic heterocycles. The number of rotatable bonds is 7. The third-order valence-corrected chi connectivity index (χ3v) is 4.79. The average Bonchev–Trinajstić information content (AvgIpc) is 2.63. The van der Waals surface area contributed by atoms with Crippen molar-refractivity contribution >= 4 is 44.8 Å². The quantitative estimate of drug-likeness (QED) is 0.405. The summed E-state index contributed by atoms with van der Waals surface area (Å²) in [5, 5.41) is 1.21. The lowest BCUT2D eigenvalue weighted by Crippen LogP contribution is -2.21. The molecule has 3 aromatic rings. The molecule has 3 rings (SSSR count). The van der Waals surface area contributed by atoms with Crippen molar-refractivity contribution in [1.29, 1.82) is 0 Å². The van der Waals surface area contributed by atoms with Gasteiger partial charge in [0, 0.05) is 37.9 Å². The molecule has 0 heterocycles. The Labute approximate surface area is 171 Å². The van der Waals surface area contributed by atoms with Gasteiger partial charge in [-0.15, -0.1) is 0 Å². The van der Waals surface area contributed by atoms with E-state index < -0.39 is 0 Å². The number of nitrogens with one attached hydrogen (secondary N) is 2. The third-order valence-electron chi connectivity index (χ3n) is 3.71. The van der Waals surface area contributed by atoms with E-state index in [1.54, 1.807) is 12.1 Å². The number of hydrazine groups is 1. The Hall–Kier alpha value is -1.72. The predicted molar refractivity (Wildman–Crippen MR) is 112 cm³/mol. The van der Waals surface area contributed by atoms with E-state index in [0.29, 0.717) is 23.2 Å². The molecule has 0 fully saturated rings. The van der Waals surface area contributed by atoms with Crippen molar-refractivity contribution in [2.75, 3.05) is 5.43 Å². The van der Waals surface area contributed by atoms with Crippen molar-refractivity contribution < 1.29 is 4.74 Å². The maximum absolute atomic E-state index is 6.22. The van der Waals surface area contributed by atoms with Crippen LogP contribution in [0.1, 0.15) is 11.1 Å². The number of hydrogen-bond donors (Lipinski definition) is 2. The van der Waals surface area contributed by atoms with Crippen molar-refractivity contribution in [1.82, 2.24) is 5.43 Å². The topological polar surface area (TPSA) is 33.3 Å². The van der Waals surface area contributed by atoms with Gasteiger partial charge in [0.25, 0.3) is 0 Å². The van der Waals surface area contributed by atoms with Crippen LogP contribution in [0.2, 0.25) is 10.0 Å². The maximum atomic E-state index is 6.22. The lowest BCUT2D eigenvalue weighted by atomic mass is 10.2. The van der Waals surface area contributed by atoms with Gasteiger partial charge in [0.2, 0.25) is 0 Å². The summed E-state index contributed by atoms with van der Waals surface area (Å²) in [6.07, 6.45) is 0. The third kappa shape index (κ3) is 5.39. The summed E-state index contributed by atoms with van der Waals surface area (Å²) in [4.78, 5) is 0. The summed E-state index contributed by atoms with van der Waals surface area (Å²) >= 11 is 15.7. The number of benzene rings is 3. The normalized spacial score (nSPS) is 10.6. The molecule has 134 valence electrons. The Morgan fingerprint density at radius 1 is 0.885 bits per heavy atom. The molecule has 0 aliphatic rings. The molecule has 0 bridgehead atoms. The van der Waals surface area contributed by atoms with Crippen molar-refractivity contribution in [3.8, 4) is 5.75 Å². The molecule has 0 amide bonds. The molecule has 6 heteroatoms. The van der Waals surface area contributed by atoms with Gasteiger partial charge in [0.05, 0.1) is 0 Å². The monoisotopic (exact) mass is 450 g/mol. The Bertz CT molecular complexity index is 875. The first kappa shape index (κ1) is 19.1. The lowest BCUT2D eigenvalue weighted by Gasteiger charge is -2.14. The summed E-state index contributed by atoms with van der Waals surface area (Å²) in [6.45, 7) is 0.967. The number of hydrogen-bond acceptors (Lipinski definition) is 3. The second-order valence-electron chi connectivity index (χ2n) is 5.62. The van der Waals surface area contributed by atoms with Crippen LogP contribution < -0.4 is 15.6 Å². The molecule has 0 unspecified atom stereocenters. The summed E-state index contributed by atoms with van der Waals surface area (Å²) in [7, 11) is 0. The molecule has 0 atom stereocenters. The Balaban J connectivity index is 1.65. The summed E-state index contributed by atoms with van der Waals surface area (Å²) in [5.74, 6) is 0.793. The standard InChI is InChI=1S/C20H17BrCl2N2O/c21-16-7-9-20(26-13-14-6-8-17(22)11-19(14)23)15(10-16)12-24-25-18-4-2-1-3-5-18/h1-11,24-25H,12-13H2. The van der Waals surface area contributed by atoms with Crippen molar-refractivity contribution in [2.45, 2.75) is 13.2 Å². The minimum absolute atomic E-state index is 0.372. The van der Waals surface area contributed by atoms with Gasteiger partial charge in [-0.2, -0.15) is 0 Å². The second kappa shape index (κ2) is 9.28. The Kier molecular flexibility index (Phi) is 6.80. The maximum Gasteiger partial charge on any atom is 0.124 e. The van der Waals surface area contributed by atoms with Gasteiger partial charge in [-0.05, 0) is 42.5 Å². The van der Waals surface area contributed by atoms with Gasteiger partial charge in [0.1, 0.15) is 12.4 Å². The summed E-state index contributed by atoms with van der Waals surface area (Å²) < 4.78 is 6.98. The highest BCUT2D eigenvalue weighted by molar-refractivity contribution is 9.10. The molecule has 0 saturated heterocycles. The smallest absolute Gasteiger partial charge is 0.124 e. The number of halogens is 3. The van der Waals surface area contributed by atoms with E-state index in [2.05, 4.69) is 26.8 Å². The van der Waals surface area contributed by atoms with E-state index in [1.807, 2.05) is 54.6 Å². The molecule has 2 N–H and O–H groups in total. The van der Waals surface area contributed by atoms with E-state index in [9.17, 15) is 0 Å². The van der Waals surface area contributed by atoms with Gasteiger partial charge >= 0.3 is 0 Å². The number of para-hydroxylation sites is 1. The fourth-order valence-electron chi connectivity index (χ4n) is 2.38. The van der Waals surface area contributed by atoms with Crippen LogP contribution in [-0.4, -0.2) is 0 Å². The average molecular weight is 452 g/mol. The van der Waals surface area contributed by atoms with Crippen LogP contribution in [0.5, 0.6) is 5.75 Å². The fraction of sp³-hybridized carbons (Fsp3) is 0.100. The SMILES string of the molecule is Clc1ccc(COc2ccc(Br)cc2CNNc2ccccc2)c(Cl)c1. The van der Waals surface area contributed by atoms with Crippen molar-refractivity contribution in [2.24, 2.45) is 0 Å². The Morgan fingerprint density at radius 3 is 2.46 bits per heavy atom. The lowest BCUT2D eigenvalue weighted by molar-refractivity contribution is 0.302.